The van der Waals surface area contributed by atoms with Crippen molar-refractivity contribution in [1.82, 2.24) is 5.32 Å². The lowest BCUT2D eigenvalue weighted by molar-refractivity contribution is -0.139. The molecule has 0 aromatic heterocycles. The third-order valence-corrected chi connectivity index (χ3v) is 3.85. The highest BCUT2D eigenvalue weighted by atomic mass is 16.5. The van der Waals surface area contributed by atoms with Crippen LogP contribution in [0.3, 0.4) is 0 Å². The second-order valence-corrected chi connectivity index (χ2v) is 5.74. The number of nitrogens with one attached hydrogen (secondary N) is 1. The third-order valence-electron chi connectivity index (χ3n) is 3.85. The second kappa shape index (κ2) is 6.79. The zero-order valence-corrected chi connectivity index (χ0v) is 12.8. The summed E-state index contributed by atoms with van der Waals surface area (Å²) in [7, 11) is 0. The van der Waals surface area contributed by atoms with Gasteiger partial charge in [-0.25, -0.2) is 0 Å². The van der Waals surface area contributed by atoms with Crippen molar-refractivity contribution in [3.63, 3.8) is 0 Å². The van der Waals surface area contributed by atoms with Crippen molar-refractivity contribution in [3.05, 3.63) is 29.3 Å². The molecule has 1 aliphatic heterocycles. The first-order valence-electron chi connectivity index (χ1n) is 7.21. The van der Waals surface area contributed by atoms with Crippen molar-refractivity contribution >= 4 is 11.9 Å². The minimum Gasteiger partial charge on any atom is -0.484 e. The molecule has 6 heteroatoms. The smallest absolute Gasteiger partial charge is 0.305 e. The minimum absolute atomic E-state index is 0.149. The van der Waals surface area contributed by atoms with Crippen LogP contribution < -0.4 is 10.1 Å². The molecule has 0 bridgehead atoms. The number of hydrogen-bond acceptors (Lipinski definition) is 4. The third kappa shape index (κ3) is 4.21. The summed E-state index contributed by atoms with van der Waals surface area (Å²) >= 11 is 0. The summed E-state index contributed by atoms with van der Waals surface area (Å²) in [5, 5.41) is 11.7. The van der Waals surface area contributed by atoms with Gasteiger partial charge in [-0.15, -0.1) is 0 Å². The molecular weight excluding hydrogens is 286 g/mol. The fourth-order valence-corrected chi connectivity index (χ4v) is 2.46. The van der Waals surface area contributed by atoms with E-state index in [1.165, 1.54) is 0 Å². The summed E-state index contributed by atoms with van der Waals surface area (Å²) in [6.45, 7) is 4.49. The first kappa shape index (κ1) is 16.3. The molecule has 0 spiro atoms. The molecule has 1 aromatic rings. The molecular formula is C16H21NO5. The Kier molecular flexibility index (Phi) is 5.03. The zero-order chi connectivity index (χ0) is 16.2. The van der Waals surface area contributed by atoms with Crippen LogP contribution in [0.1, 0.15) is 24.0 Å². The molecule has 22 heavy (non-hydrogen) atoms. The van der Waals surface area contributed by atoms with Gasteiger partial charge in [-0.2, -0.15) is 0 Å². The Balaban J connectivity index is 1.91. The van der Waals surface area contributed by atoms with E-state index in [2.05, 4.69) is 5.32 Å². The molecule has 0 saturated carbocycles. The minimum atomic E-state index is -0.958. The monoisotopic (exact) mass is 307 g/mol. The van der Waals surface area contributed by atoms with Gasteiger partial charge in [0.15, 0.2) is 6.61 Å². The molecule has 1 unspecified atom stereocenters. The van der Waals surface area contributed by atoms with Crippen LogP contribution in [-0.2, 0) is 14.3 Å². The molecule has 2 rings (SSSR count). The summed E-state index contributed by atoms with van der Waals surface area (Å²) in [4.78, 5) is 23.0. The molecule has 0 aliphatic carbocycles. The maximum Gasteiger partial charge on any atom is 0.305 e. The molecule has 1 aliphatic rings. The molecule has 1 heterocycles. The van der Waals surface area contributed by atoms with Crippen molar-refractivity contribution in [1.29, 1.82) is 0 Å². The average molecular weight is 307 g/mol. The predicted octanol–water partition coefficient (Wildman–Crippen LogP) is 1.43. The number of carboxylic acids is 1. The predicted molar refractivity (Wildman–Crippen MR) is 80.0 cm³/mol. The van der Waals surface area contributed by atoms with Gasteiger partial charge in [-0.05, 0) is 43.5 Å². The van der Waals surface area contributed by atoms with Crippen LogP contribution in [0.4, 0.5) is 0 Å². The standard InChI is InChI=1S/C16H21NO5/c1-11-3-4-13(7-12(11)2)22-9-14(18)17-16(8-15(19)20)5-6-21-10-16/h3-4,7H,5-6,8-10H2,1-2H3,(H,17,18)(H,19,20). The first-order valence-corrected chi connectivity index (χ1v) is 7.21. The van der Waals surface area contributed by atoms with Crippen molar-refractivity contribution < 1.29 is 24.2 Å². The number of aliphatic carboxylic acids is 1. The Labute approximate surface area is 129 Å². The lowest BCUT2D eigenvalue weighted by atomic mass is 9.94. The number of carboxylic acid groups (broad SMARTS) is 1. The SMILES string of the molecule is Cc1ccc(OCC(=O)NC2(CC(=O)O)CCOC2)cc1C. The Morgan fingerprint density at radius 2 is 2.14 bits per heavy atom. The van der Waals surface area contributed by atoms with Gasteiger partial charge in [-0.3, -0.25) is 9.59 Å². The summed E-state index contributed by atoms with van der Waals surface area (Å²) in [6.07, 6.45) is 0.344. The van der Waals surface area contributed by atoms with Gasteiger partial charge in [-0.1, -0.05) is 6.07 Å². The molecule has 1 atom stereocenters. The van der Waals surface area contributed by atoms with Gasteiger partial charge in [0.1, 0.15) is 5.75 Å². The van der Waals surface area contributed by atoms with Crippen LogP contribution in [0.15, 0.2) is 18.2 Å². The summed E-state index contributed by atoms with van der Waals surface area (Å²) in [5.74, 6) is -0.681. The fourth-order valence-electron chi connectivity index (χ4n) is 2.46. The van der Waals surface area contributed by atoms with E-state index in [0.717, 1.165) is 11.1 Å². The van der Waals surface area contributed by atoms with Crippen LogP contribution in [0.2, 0.25) is 0 Å². The average Bonchev–Trinajstić information content (AvgIpc) is 2.87. The largest absolute Gasteiger partial charge is 0.484 e. The molecule has 6 nitrogen and oxygen atoms in total. The van der Waals surface area contributed by atoms with Crippen molar-refractivity contribution in [3.8, 4) is 5.75 Å². The number of carbonyl (C=O) groups is 2. The van der Waals surface area contributed by atoms with Crippen molar-refractivity contribution in [2.24, 2.45) is 0 Å². The number of amides is 1. The number of hydrogen-bond donors (Lipinski definition) is 2. The van der Waals surface area contributed by atoms with Crippen LogP contribution in [-0.4, -0.2) is 42.3 Å². The van der Waals surface area contributed by atoms with Gasteiger partial charge in [0, 0.05) is 6.61 Å². The topological polar surface area (TPSA) is 84.9 Å². The Morgan fingerprint density at radius 3 is 2.73 bits per heavy atom. The summed E-state index contributed by atoms with van der Waals surface area (Å²) in [6, 6.07) is 5.61. The van der Waals surface area contributed by atoms with E-state index >= 15 is 0 Å². The van der Waals surface area contributed by atoms with Gasteiger partial charge in [0.2, 0.25) is 0 Å². The van der Waals surface area contributed by atoms with E-state index in [1.807, 2.05) is 26.0 Å². The van der Waals surface area contributed by atoms with E-state index in [9.17, 15) is 9.59 Å². The highest BCUT2D eigenvalue weighted by Gasteiger charge is 2.38. The highest BCUT2D eigenvalue weighted by molar-refractivity contribution is 5.79. The number of carbonyl (C=O) groups excluding carboxylic acids is 1. The lowest BCUT2D eigenvalue weighted by Crippen LogP contribution is -2.51. The van der Waals surface area contributed by atoms with Crippen LogP contribution in [0.5, 0.6) is 5.75 Å². The number of rotatable bonds is 6. The quantitative estimate of drug-likeness (QED) is 0.830. The van der Waals surface area contributed by atoms with Crippen LogP contribution in [0.25, 0.3) is 0 Å². The Bertz CT molecular complexity index is 564. The molecule has 120 valence electrons. The highest BCUT2D eigenvalue weighted by Crippen LogP contribution is 2.23. The van der Waals surface area contributed by atoms with Crippen molar-refractivity contribution in [2.75, 3.05) is 19.8 Å². The van der Waals surface area contributed by atoms with Crippen LogP contribution >= 0.6 is 0 Å². The Morgan fingerprint density at radius 1 is 1.36 bits per heavy atom. The summed E-state index contributed by atoms with van der Waals surface area (Å²) in [5.41, 5.74) is 1.42. The van der Waals surface area contributed by atoms with E-state index in [0.29, 0.717) is 18.8 Å². The van der Waals surface area contributed by atoms with Gasteiger partial charge < -0.3 is 19.9 Å². The van der Waals surface area contributed by atoms with E-state index in [1.54, 1.807) is 6.07 Å². The summed E-state index contributed by atoms with van der Waals surface area (Å²) < 4.78 is 10.7. The van der Waals surface area contributed by atoms with E-state index in [-0.39, 0.29) is 25.5 Å². The maximum atomic E-state index is 12.0. The zero-order valence-electron chi connectivity index (χ0n) is 12.8. The van der Waals surface area contributed by atoms with E-state index < -0.39 is 11.5 Å². The molecule has 1 fully saturated rings. The maximum absolute atomic E-state index is 12.0. The normalized spacial score (nSPS) is 20.6. The fraction of sp³-hybridized carbons (Fsp3) is 0.500. The number of ether oxygens (including phenoxy) is 2. The molecule has 2 N–H and O–H groups in total. The van der Waals surface area contributed by atoms with Gasteiger partial charge in [0.25, 0.3) is 5.91 Å². The van der Waals surface area contributed by atoms with E-state index in [4.69, 9.17) is 14.6 Å². The molecule has 1 amide bonds. The van der Waals surface area contributed by atoms with Gasteiger partial charge >= 0.3 is 5.97 Å². The number of benzene rings is 1. The van der Waals surface area contributed by atoms with Crippen molar-refractivity contribution in [2.45, 2.75) is 32.2 Å². The first-order chi connectivity index (χ1) is 10.4. The second-order valence-electron chi connectivity index (χ2n) is 5.74. The van der Waals surface area contributed by atoms with Gasteiger partial charge in [0.05, 0.1) is 18.6 Å². The number of aryl methyl sites for hydroxylation is 2. The van der Waals surface area contributed by atoms with Crippen LogP contribution in [0, 0.1) is 13.8 Å². The molecule has 0 radical (unpaired) electrons. The molecule has 1 saturated heterocycles. The Hall–Kier alpha value is -2.08. The lowest BCUT2D eigenvalue weighted by Gasteiger charge is -2.26. The molecule has 1 aromatic carbocycles.